The number of nitro groups is 1. The van der Waals surface area contributed by atoms with Crippen LogP contribution in [0.3, 0.4) is 0 Å². The van der Waals surface area contributed by atoms with Gasteiger partial charge in [-0.05, 0) is 30.5 Å². The summed E-state index contributed by atoms with van der Waals surface area (Å²) in [6.45, 7) is 0.101. The molecular formula is C21H26ClN7O6S. The lowest BCUT2D eigenvalue weighted by molar-refractivity contribution is -0.384. The van der Waals surface area contributed by atoms with Crippen LogP contribution in [0.25, 0.3) is 0 Å². The second kappa shape index (κ2) is 12.8. The number of rotatable bonds is 13. The van der Waals surface area contributed by atoms with Crippen LogP contribution in [-0.4, -0.2) is 49.7 Å². The quantitative estimate of drug-likeness (QED) is 0.0772. The summed E-state index contributed by atoms with van der Waals surface area (Å²) >= 11 is 5.76. The fraction of sp³-hybridized carbons (Fsp3) is 0.286. The van der Waals surface area contributed by atoms with Gasteiger partial charge in [-0.2, -0.15) is 4.72 Å². The van der Waals surface area contributed by atoms with Crippen LogP contribution in [-0.2, 0) is 26.0 Å². The van der Waals surface area contributed by atoms with E-state index in [9.17, 15) is 28.1 Å². The molecule has 0 saturated heterocycles. The number of benzene rings is 2. The van der Waals surface area contributed by atoms with Gasteiger partial charge >= 0.3 is 0 Å². The van der Waals surface area contributed by atoms with Gasteiger partial charge in [0.25, 0.3) is 5.69 Å². The normalized spacial score (nSPS) is 12.8. The van der Waals surface area contributed by atoms with E-state index in [0.29, 0.717) is 0 Å². The Morgan fingerprint density at radius 3 is 2.33 bits per heavy atom. The molecule has 2 atom stereocenters. The average molecular weight is 540 g/mol. The number of aliphatic imine (C=N–C) groups is 1. The molecule has 0 aromatic heterocycles. The standard InChI is InChI=1S/C21H26ClN7O6S/c22-15-9-8-14(12-18(15)29(32)33)36(34,35)28-16(7-4-10-26-21(24)25)20(31)27-17(19(23)30)11-13-5-2-1-3-6-13/h1-3,5-6,8-9,12,16-17,28H,4,7,10-11H2,(H2,23,30)(H,27,31)(H4,24,25,26)/t16-,17-/m0/s1. The highest BCUT2D eigenvalue weighted by atomic mass is 35.5. The van der Waals surface area contributed by atoms with Crippen molar-refractivity contribution in [1.82, 2.24) is 10.0 Å². The van der Waals surface area contributed by atoms with E-state index >= 15 is 0 Å². The molecule has 0 heterocycles. The molecule has 15 heteroatoms. The highest BCUT2D eigenvalue weighted by molar-refractivity contribution is 7.89. The van der Waals surface area contributed by atoms with Crippen molar-refractivity contribution in [1.29, 1.82) is 0 Å². The van der Waals surface area contributed by atoms with Gasteiger partial charge in [-0.1, -0.05) is 41.9 Å². The third-order valence-corrected chi connectivity index (χ3v) is 6.72. The Bertz CT molecular complexity index is 1240. The summed E-state index contributed by atoms with van der Waals surface area (Å²) < 4.78 is 28.2. The Balaban J connectivity index is 2.28. The van der Waals surface area contributed by atoms with E-state index in [4.69, 9.17) is 28.8 Å². The fourth-order valence-electron chi connectivity index (χ4n) is 3.15. The van der Waals surface area contributed by atoms with Gasteiger partial charge in [-0.15, -0.1) is 0 Å². The number of hydrogen-bond acceptors (Lipinski definition) is 7. The van der Waals surface area contributed by atoms with Crippen molar-refractivity contribution in [3.05, 3.63) is 69.2 Å². The number of nitrogens with zero attached hydrogens (tertiary/aromatic N) is 2. The van der Waals surface area contributed by atoms with Crippen LogP contribution in [0.5, 0.6) is 0 Å². The van der Waals surface area contributed by atoms with Gasteiger partial charge in [0.05, 0.1) is 9.82 Å². The molecule has 13 nitrogen and oxygen atoms in total. The number of hydrogen-bond donors (Lipinski definition) is 5. The molecule has 0 aliphatic rings. The average Bonchev–Trinajstić information content (AvgIpc) is 2.80. The highest BCUT2D eigenvalue weighted by Gasteiger charge is 2.30. The maximum atomic E-state index is 13.1. The third kappa shape index (κ3) is 8.48. The van der Waals surface area contributed by atoms with Crippen molar-refractivity contribution in [3.8, 4) is 0 Å². The molecular weight excluding hydrogens is 514 g/mol. The van der Waals surface area contributed by atoms with Crippen LogP contribution in [0.1, 0.15) is 18.4 Å². The van der Waals surface area contributed by atoms with Gasteiger partial charge in [0.1, 0.15) is 17.1 Å². The Hall–Kier alpha value is -3.75. The van der Waals surface area contributed by atoms with Crippen molar-refractivity contribution >= 4 is 45.1 Å². The van der Waals surface area contributed by atoms with Crippen LogP contribution < -0.4 is 27.2 Å². The van der Waals surface area contributed by atoms with Gasteiger partial charge in [-0.3, -0.25) is 24.7 Å². The number of guanidine groups is 1. The topological polar surface area (TPSA) is 226 Å². The molecule has 0 aliphatic carbocycles. The first kappa shape index (κ1) is 28.5. The zero-order valence-corrected chi connectivity index (χ0v) is 20.5. The third-order valence-electron chi connectivity index (χ3n) is 4.93. The van der Waals surface area contributed by atoms with E-state index in [1.54, 1.807) is 30.3 Å². The summed E-state index contributed by atoms with van der Waals surface area (Å²) in [6.07, 6.45) is 0.215. The molecule has 0 spiro atoms. The van der Waals surface area contributed by atoms with E-state index in [0.717, 1.165) is 23.8 Å². The number of carbonyl (C=O) groups excluding carboxylic acids is 2. The maximum absolute atomic E-state index is 13.1. The van der Waals surface area contributed by atoms with E-state index in [1.807, 2.05) is 0 Å². The van der Waals surface area contributed by atoms with Crippen LogP contribution in [0.2, 0.25) is 5.02 Å². The molecule has 2 aromatic rings. The first-order valence-electron chi connectivity index (χ1n) is 10.6. The Kier molecular flexibility index (Phi) is 10.1. The molecule has 2 aromatic carbocycles. The molecule has 0 saturated carbocycles. The second-order valence-electron chi connectivity index (χ2n) is 7.65. The maximum Gasteiger partial charge on any atom is 0.289 e. The fourth-order valence-corrected chi connectivity index (χ4v) is 4.58. The molecule has 0 bridgehead atoms. The summed E-state index contributed by atoms with van der Waals surface area (Å²) in [6, 6.07) is 9.17. The summed E-state index contributed by atoms with van der Waals surface area (Å²) in [7, 11) is -4.42. The summed E-state index contributed by atoms with van der Waals surface area (Å²) in [5.74, 6) is -1.82. The minimum absolute atomic E-state index is 0.0612. The smallest absolute Gasteiger partial charge is 0.289 e. The van der Waals surface area contributed by atoms with E-state index in [2.05, 4.69) is 15.0 Å². The summed E-state index contributed by atoms with van der Waals surface area (Å²) in [4.78, 5) is 38.7. The van der Waals surface area contributed by atoms with E-state index in [-0.39, 0.29) is 36.8 Å². The number of nitrogens with two attached hydrogens (primary N) is 3. The lowest BCUT2D eigenvalue weighted by atomic mass is 10.0. The number of halogens is 1. The molecule has 194 valence electrons. The van der Waals surface area contributed by atoms with E-state index in [1.165, 1.54) is 0 Å². The van der Waals surface area contributed by atoms with Crippen LogP contribution in [0.4, 0.5) is 5.69 Å². The van der Waals surface area contributed by atoms with Crippen molar-refractivity contribution in [2.75, 3.05) is 6.54 Å². The predicted molar refractivity (Wildman–Crippen MR) is 133 cm³/mol. The number of nitrogens with one attached hydrogen (secondary N) is 2. The zero-order chi connectivity index (χ0) is 26.9. The first-order valence-corrected chi connectivity index (χ1v) is 12.4. The molecule has 2 rings (SSSR count). The van der Waals surface area contributed by atoms with Gasteiger partial charge in [-0.25, -0.2) is 8.42 Å². The lowest BCUT2D eigenvalue weighted by Crippen LogP contribution is -2.53. The molecule has 8 N–H and O–H groups in total. The molecule has 36 heavy (non-hydrogen) atoms. The predicted octanol–water partition coefficient (Wildman–Crippen LogP) is 0.162. The molecule has 0 unspecified atom stereocenters. The van der Waals surface area contributed by atoms with Crippen molar-refractivity contribution in [3.63, 3.8) is 0 Å². The molecule has 0 radical (unpaired) electrons. The van der Waals surface area contributed by atoms with Gasteiger partial charge in [0.2, 0.25) is 21.8 Å². The van der Waals surface area contributed by atoms with Crippen molar-refractivity contribution < 1.29 is 22.9 Å². The molecule has 0 aliphatic heterocycles. The second-order valence-corrected chi connectivity index (χ2v) is 9.77. The SMILES string of the molecule is NC(=O)[C@H](Cc1ccccc1)NC(=O)[C@H](CCCN=C(N)N)NS(=O)(=O)c1ccc(Cl)c([N+](=O)[O-])c1. The van der Waals surface area contributed by atoms with Gasteiger partial charge in [0.15, 0.2) is 5.96 Å². The number of primary amides is 1. The Morgan fingerprint density at radius 1 is 1.08 bits per heavy atom. The summed E-state index contributed by atoms with van der Waals surface area (Å²) in [5.41, 5.74) is 16.1. The highest BCUT2D eigenvalue weighted by Crippen LogP contribution is 2.27. The minimum Gasteiger partial charge on any atom is -0.370 e. The number of carbonyl (C=O) groups is 2. The summed E-state index contributed by atoms with van der Waals surface area (Å²) in [5, 5.41) is 13.4. The van der Waals surface area contributed by atoms with Crippen molar-refractivity contribution in [2.24, 2.45) is 22.2 Å². The van der Waals surface area contributed by atoms with E-state index < -0.39 is 49.4 Å². The molecule has 2 amide bonds. The lowest BCUT2D eigenvalue weighted by Gasteiger charge is -2.22. The number of nitro benzene ring substituents is 1. The first-order chi connectivity index (χ1) is 16.9. The van der Waals surface area contributed by atoms with Gasteiger partial charge in [0, 0.05) is 19.0 Å². The van der Waals surface area contributed by atoms with Crippen molar-refractivity contribution in [2.45, 2.75) is 36.2 Å². The minimum atomic E-state index is -4.42. The number of amides is 2. The van der Waals surface area contributed by atoms with Crippen LogP contribution in [0.15, 0.2) is 58.4 Å². The van der Waals surface area contributed by atoms with Crippen LogP contribution >= 0.6 is 11.6 Å². The Labute approximate surface area is 212 Å². The monoisotopic (exact) mass is 539 g/mol. The zero-order valence-electron chi connectivity index (χ0n) is 19.0. The largest absolute Gasteiger partial charge is 0.370 e. The molecule has 0 fully saturated rings. The Morgan fingerprint density at radius 2 is 1.75 bits per heavy atom. The van der Waals surface area contributed by atoms with Gasteiger partial charge < -0.3 is 22.5 Å². The number of sulfonamides is 1. The van der Waals surface area contributed by atoms with Crippen LogP contribution in [0, 0.1) is 10.1 Å².